The highest BCUT2D eigenvalue weighted by Crippen LogP contribution is 2.20. The molecule has 1 fully saturated rings. The number of hydrogen-bond acceptors (Lipinski definition) is 3. The molecular weight excluding hydrogens is 248 g/mol. The molecule has 20 heavy (non-hydrogen) atoms. The SMILES string of the molecule is Cc1nccn1CCN1CC(C)(C)NCC1CC(C)C. The summed E-state index contributed by atoms with van der Waals surface area (Å²) in [5, 5.41) is 3.69. The Balaban J connectivity index is 1.98. The lowest BCUT2D eigenvalue weighted by Crippen LogP contribution is -2.62. The van der Waals surface area contributed by atoms with Crippen molar-refractivity contribution in [3.8, 4) is 0 Å². The number of aromatic nitrogens is 2. The second-order valence-corrected chi connectivity index (χ2v) is 7.19. The first kappa shape index (κ1) is 15.5. The molecule has 4 heteroatoms. The van der Waals surface area contributed by atoms with Crippen LogP contribution in [0.5, 0.6) is 0 Å². The summed E-state index contributed by atoms with van der Waals surface area (Å²) in [5.74, 6) is 1.86. The molecule has 1 aliphatic heterocycles. The monoisotopic (exact) mass is 278 g/mol. The molecule has 4 nitrogen and oxygen atoms in total. The fourth-order valence-corrected chi connectivity index (χ4v) is 3.13. The molecule has 2 heterocycles. The lowest BCUT2D eigenvalue weighted by Gasteiger charge is -2.45. The highest BCUT2D eigenvalue weighted by Gasteiger charge is 2.32. The molecule has 1 saturated heterocycles. The van der Waals surface area contributed by atoms with Gasteiger partial charge >= 0.3 is 0 Å². The van der Waals surface area contributed by atoms with E-state index < -0.39 is 0 Å². The van der Waals surface area contributed by atoms with Gasteiger partial charge in [-0.3, -0.25) is 4.90 Å². The Hall–Kier alpha value is -0.870. The third-order valence-corrected chi connectivity index (χ3v) is 4.23. The van der Waals surface area contributed by atoms with Gasteiger partial charge in [-0.25, -0.2) is 4.98 Å². The van der Waals surface area contributed by atoms with Crippen molar-refractivity contribution in [2.45, 2.75) is 59.2 Å². The maximum Gasteiger partial charge on any atom is 0.105 e. The highest BCUT2D eigenvalue weighted by atomic mass is 15.3. The summed E-state index contributed by atoms with van der Waals surface area (Å²) < 4.78 is 2.25. The molecule has 1 unspecified atom stereocenters. The van der Waals surface area contributed by atoms with E-state index in [4.69, 9.17) is 0 Å². The summed E-state index contributed by atoms with van der Waals surface area (Å²) in [5.41, 5.74) is 0.220. The minimum atomic E-state index is 0.220. The number of imidazole rings is 1. The normalized spacial score (nSPS) is 23.4. The number of piperazine rings is 1. The summed E-state index contributed by atoms with van der Waals surface area (Å²) in [6, 6.07) is 0.659. The van der Waals surface area contributed by atoms with Gasteiger partial charge in [0.05, 0.1) is 0 Å². The van der Waals surface area contributed by atoms with Crippen molar-refractivity contribution < 1.29 is 0 Å². The Morgan fingerprint density at radius 3 is 2.75 bits per heavy atom. The van der Waals surface area contributed by atoms with Gasteiger partial charge in [0.2, 0.25) is 0 Å². The van der Waals surface area contributed by atoms with Gasteiger partial charge in [0.1, 0.15) is 5.82 Å². The van der Waals surface area contributed by atoms with Gasteiger partial charge in [0.15, 0.2) is 0 Å². The molecule has 0 aliphatic carbocycles. The van der Waals surface area contributed by atoms with Gasteiger partial charge in [-0.1, -0.05) is 13.8 Å². The van der Waals surface area contributed by atoms with Gasteiger partial charge in [0, 0.05) is 50.2 Å². The van der Waals surface area contributed by atoms with Gasteiger partial charge in [-0.15, -0.1) is 0 Å². The van der Waals surface area contributed by atoms with E-state index in [1.165, 1.54) is 6.42 Å². The number of hydrogen-bond donors (Lipinski definition) is 1. The molecular formula is C16H30N4. The Morgan fingerprint density at radius 1 is 1.40 bits per heavy atom. The molecule has 1 N–H and O–H groups in total. The lowest BCUT2D eigenvalue weighted by atomic mass is 9.94. The minimum absolute atomic E-state index is 0.220. The summed E-state index contributed by atoms with van der Waals surface area (Å²) in [7, 11) is 0. The molecule has 1 aromatic rings. The van der Waals surface area contributed by atoms with Crippen molar-refractivity contribution >= 4 is 0 Å². The van der Waals surface area contributed by atoms with Crippen LogP contribution in [-0.4, -0.2) is 45.7 Å². The van der Waals surface area contributed by atoms with E-state index in [2.05, 4.69) is 60.6 Å². The second-order valence-electron chi connectivity index (χ2n) is 7.19. The standard InChI is InChI=1S/C16H30N4/c1-13(2)10-15-11-18-16(4,5)12-20(15)9-8-19-7-6-17-14(19)3/h6-7,13,15,18H,8-12H2,1-5H3. The van der Waals surface area contributed by atoms with Crippen molar-refractivity contribution in [3.63, 3.8) is 0 Å². The van der Waals surface area contributed by atoms with Crippen LogP contribution < -0.4 is 5.32 Å². The first-order chi connectivity index (χ1) is 9.37. The molecule has 0 spiro atoms. The van der Waals surface area contributed by atoms with Crippen LogP contribution in [-0.2, 0) is 6.54 Å². The zero-order valence-corrected chi connectivity index (χ0v) is 13.7. The quantitative estimate of drug-likeness (QED) is 0.897. The van der Waals surface area contributed by atoms with Crippen molar-refractivity contribution in [1.82, 2.24) is 19.8 Å². The zero-order chi connectivity index (χ0) is 14.8. The largest absolute Gasteiger partial charge is 0.334 e. The van der Waals surface area contributed by atoms with E-state index in [0.717, 1.165) is 37.9 Å². The molecule has 0 saturated carbocycles. The minimum Gasteiger partial charge on any atom is -0.334 e. The highest BCUT2D eigenvalue weighted by molar-refractivity contribution is 4.94. The van der Waals surface area contributed by atoms with Crippen molar-refractivity contribution in [2.75, 3.05) is 19.6 Å². The molecule has 0 bridgehead atoms. The summed E-state index contributed by atoms with van der Waals surface area (Å²) in [6.07, 6.45) is 5.24. The predicted octanol–water partition coefficient (Wildman–Crippen LogP) is 2.29. The Labute approximate surface area is 123 Å². The van der Waals surface area contributed by atoms with Crippen LogP contribution in [0.15, 0.2) is 12.4 Å². The summed E-state index contributed by atoms with van der Waals surface area (Å²) >= 11 is 0. The van der Waals surface area contributed by atoms with Crippen LogP contribution in [0.4, 0.5) is 0 Å². The molecule has 1 aliphatic rings. The van der Waals surface area contributed by atoms with Crippen LogP contribution >= 0.6 is 0 Å². The molecule has 114 valence electrons. The molecule has 2 rings (SSSR count). The van der Waals surface area contributed by atoms with Crippen LogP contribution in [0.25, 0.3) is 0 Å². The van der Waals surface area contributed by atoms with Crippen LogP contribution in [0, 0.1) is 12.8 Å². The van der Waals surface area contributed by atoms with Crippen LogP contribution in [0.1, 0.15) is 39.9 Å². The zero-order valence-electron chi connectivity index (χ0n) is 13.7. The van der Waals surface area contributed by atoms with Gasteiger partial charge < -0.3 is 9.88 Å². The number of nitrogens with one attached hydrogen (secondary N) is 1. The number of rotatable bonds is 5. The van der Waals surface area contributed by atoms with Crippen LogP contribution in [0.3, 0.4) is 0 Å². The van der Waals surface area contributed by atoms with Crippen molar-refractivity contribution in [2.24, 2.45) is 5.92 Å². The van der Waals surface area contributed by atoms with E-state index in [0.29, 0.717) is 6.04 Å². The topological polar surface area (TPSA) is 33.1 Å². The first-order valence-corrected chi connectivity index (χ1v) is 7.84. The molecule has 1 atom stereocenters. The smallest absolute Gasteiger partial charge is 0.105 e. The Kier molecular flexibility index (Phi) is 4.86. The van der Waals surface area contributed by atoms with Gasteiger partial charge in [-0.05, 0) is 33.1 Å². The molecule has 0 aromatic carbocycles. The number of aryl methyl sites for hydroxylation is 1. The van der Waals surface area contributed by atoms with E-state index in [-0.39, 0.29) is 5.54 Å². The van der Waals surface area contributed by atoms with E-state index in [1.807, 2.05) is 6.20 Å². The van der Waals surface area contributed by atoms with Gasteiger partial charge in [0.25, 0.3) is 0 Å². The number of nitrogens with zero attached hydrogens (tertiary/aromatic N) is 3. The summed E-state index contributed by atoms with van der Waals surface area (Å²) in [4.78, 5) is 6.97. The van der Waals surface area contributed by atoms with Crippen molar-refractivity contribution in [1.29, 1.82) is 0 Å². The van der Waals surface area contributed by atoms with Crippen LogP contribution in [0.2, 0.25) is 0 Å². The molecule has 0 amide bonds. The second kappa shape index (κ2) is 6.27. The fourth-order valence-electron chi connectivity index (χ4n) is 3.13. The maximum absolute atomic E-state index is 4.31. The Morgan fingerprint density at radius 2 is 2.15 bits per heavy atom. The van der Waals surface area contributed by atoms with E-state index in [1.54, 1.807) is 0 Å². The Bertz CT molecular complexity index is 422. The van der Waals surface area contributed by atoms with Gasteiger partial charge in [-0.2, -0.15) is 0 Å². The third-order valence-electron chi connectivity index (χ3n) is 4.23. The maximum atomic E-state index is 4.31. The first-order valence-electron chi connectivity index (χ1n) is 7.84. The average Bonchev–Trinajstić information content (AvgIpc) is 2.74. The average molecular weight is 278 g/mol. The molecule has 0 radical (unpaired) electrons. The predicted molar refractivity (Wildman–Crippen MR) is 83.9 cm³/mol. The molecule has 1 aromatic heterocycles. The van der Waals surface area contributed by atoms with E-state index >= 15 is 0 Å². The van der Waals surface area contributed by atoms with Crippen molar-refractivity contribution in [3.05, 3.63) is 18.2 Å². The summed E-state index contributed by atoms with van der Waals surface area (Å²) in [6.45, 7) is 15.7. The fraction of sp³-hybridized carbons (Fsp3) is 0.812. The van der Waals surface area contributed by atoms with E-state index in [9.17, 15) is 0 Å². The third kappa shape index (κ3) is 4.06. The lowest BCUT2D eigenvalue weighted by molar-refractivity contribution is 0.0793.